The van der Waals surface area contributed by atoms with Crippen LogP contribution in [0, 0.1) is 0 Å². The molecule has 0 aromatic heterocycles. The molecular weight excluding hydrogens is 304 g/mol. The number of rotatable bonds is 4. The molecule has 3 unspecified atom stereocenters. The van der Waals surface area contributed by atoms with Crippen LogP contribution in [0.1, 0.15) is 25.7 Å². The number of thioether (sulfide) groups is 1. The predicted molar refractivity (Wildman–Crippen MR) is 90.5 cm³/mol. The van der Waals surface area contributed by atoms with Gasteiger partial charge in [-0.2, -0.15) is 11.8 Å². The van der Waals surface area contributed by atoms with E-state index in [1.165, 1.54) is 12.8 Å². The topological polar surface area (TPSA) is 58.2 Å². The molecule has 3 atom stereocenters. The molecule has 0 aliphatic heterocycles. The molecule has 2 N–H and O–H groups in total. The fourth-order valence-electron chi connectivity index (χ4n) is 2.63. The fourth-order valence-corrected chi connectivity index (χ4v) is 4.13. The van der Waals surface area contributed by atoms with Crippen LogP contribution in [0.3, 0.4) is 0 Å². The number of hydrogen-bond acceptors (Lipinski definition) is 3. The zero-order valence-electron chi connectivity index (χ0n) is 12.4. The van der Waals surface area contributed by atoms with Gasteiger partial charge in [-0.25, -0.2) is 4.79 Å². The van der Waals surface area contributed by atoms with Crippen molar-refractivity contribution in [1.29, 1.82) is 0 Å². The number of nitrogens with one attached hydrogen (secondary N) is 2. The monoisotopic (exact) mass is 326 g/mol. The summed E-state index contributed by atoms with van der Waals surface area (Å²) in [6, 6.07) is 7.21. The molecule has 21 heavy (non-hydrogen) atoms. The molecule has 0 saturated heterocycles. The van der Waals surface area contributed by atoms with Crippen molar-refractivity contribution < 1.29 is 9.00 Å². The van der Waals surface area contributed by atoms with Crippen molar-refractivity contribution in [2.45, 2.75) is 41.9 Å². The van der Waals surface area contributed by atoms with Gasteiger partial charge in [0.05, 0.1) is 0 Å². The third-order valence-corrected chi connectivity index (χ3v) is 5.83. The van der Waals surface area contributed by atoms with Crippen molar-refractivity contribution in [2.24, 2.45) is 0 Å². The highest BCUT2D eigenvalue weighted by Crippen LogP contribution is 2.27. The first-order valence-corrected chi connectivity index (χ1v) is 9.98. The van der Waals surface area contributed by atoms with Crippen LogP contribution < -0.4 is 10.6 Å². The molecule has 1 aliphatic carbocycles. The molecule has 1 aliphatic rings. The van der Waals surface area contributed by atoms with Crippen LogP contribution in [-0.4, -0.2) is 34.0 Å². The van der Waals surface area contributed by atoms with E-state index in [2.05, 4.69) is 16.9 Å². The normalized spacial score (nSPS) is 23.3. The van der Waals surface area contributed by atoms with E-state index in [1.807, 2.05) is 17.8 Å². The minimum atomic E-state index is -1.04. The van der Waals surface area contributed by atoms with Crippen LogP contribution in [-0.2, 0) is 10.8 Å². The molecule has 1 saturated carbocycles. The minimum Gasteiger partial charge on any atom is -0.334 e. The smallest absolute Gasteiger partial charge is 0.319 e. The average molecular weight is 326 g/mol. The Labute approximate surface area is 132 Å². The van der Waals surface area contributed by atoms with Crippen LogP contribution in [0.15, 0.2) is 29.2 Å². The van der Waals surface area contributed by atoms with Crippen LogP contribution in [0.2, 0.25) is 0 Å². The van der Waals surface area contributed by atoms with Crippen LogP contribution in [0.5, 0.6) is 0 Å². The van der Waals surface area contributed by atoms with Gasteiger partial charge >= 0.3 is 6.03 Å². The Balaban J connectivity index is 1.95. The van der Waals surface area contributed by atoms with Crippen molar-refractivity contribution in [1.82, 2.24) is 5.32 Å². The fraction of sp³-hybridized carbons (Fsp3) is 0.533. The van der Waals surface area contributed by atoms with Crippen molar-refractivity contribution in [2.75, 3.05) is 17.8 Å². The molecule has 1 aromatic rings. The molecule has 2 amide bonds. The summed E-state index contributed by atoms with van der Waals surface area (Å²) in [5, 5.41) is 6.40. The Morgan fingerprint density at radius 1 is 1.33 bits per heavy atom. The maximum absolute atomic E-state index is 12.1. The van der Waals surface area contributed by atoms with Gasteiger partial charge in [-0.05, 0) is 37.3 Å². The maximum Gasteiger partial charge on any atom is 0.319 e. The van der Waals surface area contributed by atoms with Gasteiger partial charge in [-0.1, -0.05) is 18.9 Å². The summed E-state index contributed by atoms with van der Waals surface area (Å²) in [5.41, 5.74) is 0.678. The first-order chi connectivity index (χ1) is 10.1. The van der Waals surface area contributed by atoms with E-state index in [-0.39, 0.29) is 12.1 Å². The zero-order chi connectivity index (χ0) is 15.2. The van der Waals surface area contributed by atoms with Crippen molar-refractivity contribution in [3.8, 4) is 0 Å². The summed E-state index contributed by atoms with van der Waals surface area (Å²) >= 11 is 1.83. The lowest BCUT2D eigenvalue weighted by Gasteiger charge is -2.30. The number of amides is 2. The number of carbonyl (C=O) groups excluding carboxylic acids is 1. The van der Waals surface area contributed by atoms with E-state index in [1.54, 1.807) is 24.5 Å². The second-order valence-corrected chi connectivity index (χ2v) is 7.70. The van der Waals surface area contributed by atoms with Gasteiger partial charge in [-0.3, -0.25) is 4.21 Å². The van der Waals surface area contributed by atoms with E-state index >= 15 is 0 Å². The third-order valence-electron chi connectivity index (χ3n) is 3.75. The van der Waals surface area contributed by atoms with Gasteiger partial charge in [0.1, 0.15) is 0 Å². The molecule has 1 fully saturated rings. The van der Waals surface area contributed by atoms with Crippen LogP contribution in [0.4, 0.5) is 10.5 Å². The molecule has 0 radical (unpaired) electrons. The molecule has 116 valence electrons. The first-order valence-electron chi connectivity index (χ1n) is 7.14. The van der Waals surface area contributed by atoms with E-state index in [4.69, 9.17) is 0 Å². The van der Waals surface area contributed by atoms with E-state index in [0.717, 1.165) is 12.8 Å². The number of anilines is 1. The second kappa shape index (κ2) is 7.84. The van der Waals surface area contributed by atoms with Gasteiger partial charge in [0.25, 0.3) is 0 Å². The minimum absolute atomic E-state index is 0.181. The summed E-state index contributed by atoms with van der Waals surface area (Å²) in [4.78, 5) is 12.8. The number of urea groups is 1. The quantitative estimate of drug-likeness (QED) is 0.893. The SMILES string of the molecule is CSC1CCCCC1NC(=O)Nc1cccc(S(C)=O)c1. The highest BCUT2D eigenvalue weighted by molar-refractivity contribution is 7.99. The van der Waals surface area contributed by atoms with Gasteiger partial charge in [0.2, 0.25) is 0 Å². The molecule has 0 heterocycles. The Morgan fingerprint density at radius 3 is 2.81 bits per heavy atom. The van der Waals surface area contributed by atoms with Crippen LogP contribution >= 0.6 is 11.8 Å². The Morgan fingerprint density at radius 2 is 2.10 bits per heavy atom. The number of benzene rings is 1. The standard InChI is InChI=1S/C15H22N2O2S2/c1-20-14-9-4-3-8-13(14)17-15(18)16-11-6-5-7-12(10-11)21(2)19/h5-7,10,13-14H,3-4,8-9H2,1-2H3,(H2,16,17,18). The predicted octanol–water partition coefficient (Wildman–Crippen LogP) is 3.22. The highest BCUT2D eigenvalue weighted by atomic mass is 32.2. The Hall–Kier alpha value is -1.01. The van der Waals surface area contributed by atoms with Crippen molar-refractivity contribution in [3.63, 3.8) is 0 Å². The first kappa shape index (κ1) is 16.4. The zero-order valence-corrected chi connectivity index (χ0v) is 14.1. The molecule has 4 nitrogen and oxygen atoms in total. The summed E-state index contributed by atoms with van der Waals surface area (Å²) in [7, 11) is -1.04. The van der Waals surface area contributed by atoms with Crippen molar-refractivity contribution >= 4 is 34.3 Å². The molecule has 1 aromatic carbocycles. The van der Waals surface area contributed by atoms with E-state index in [9.17, 15) is 9.00 Å². The van der Waals surface area contributed by atoms with Gasteiger partial charge in [-0.15, -0.1) is 0 Å². The lowest BCUT2D eigenvalue weighted by molar-refractivity contribution is 0.245. The molecular formula is C15H22N2O2S2. The average Bonchev–Trinajstić information content (AvgIpc) is 2.48. The number of hydrogen-bond donors (Lipinski definition) is 2. The van der Waals surface area contributed by atoms with Gasteiger partial charge in [0, 0.05) is 38.9 Å². The Bertz CT molecular complexity index is 522. The van der Waals surface area contributed by atoms with Gasteiger partial charge in [0.15, 0.2) is 0 Å². The highest BCUT2D eigenvalue weighted by Gasteiger charge is 2.25. The maximum atomic E-state index is 12.1. The van der Waals surface area contributed by atoms with Crippen molar-refractivity contribution in [3.05, 3.63) is 24.3 Å². The summed E-state index contributed by atoms with van der Waals surface area (Å²) in [6.45, 7) is 0. The Kier molecular flexibility index (Phi) is 6.11. The molecule has 2 rings (SSSR count). The lowest BCUT2D eigenvalue weighted by atomic mass is 9.95. The summed E-state index contributed by atoms with van der Waals surface area (Å²) in [5.74, 6) is 0. The second-order valence-electron chi connectivity index (χ2n) is 5.25. The molecule has 6 heteroatoms. The van der Waals surface area contributed by atoms with E-state index < -0.39 is 10.8 Å². The van der Waals surface area contributed by atoms with Gasteiger partial charge < -0.3 is 10.6 Å². The molecule has 0 bridgehead atoms. The number of carbonyl (C=O) groups is 1. The third kappa shape index (κ3) is 4.74. The molecule has 0 spiro atoms. The van der Waals surface area contributed by atoms with Crippen LogP contribution in [0.25, 0.3) is 0 Å². The summed E-state index contributed by atoms with van der Waals surface area (Å²) < 4.78 is 11.5. The summed E-state index contributed by atoms with van der Waals surface area (Å²) in [6.07, 6.45) is 8.35. The lowest BCUT2D eigenvalue weighted by Crippen LogP contribution is -2.45. The largest absolute Gasteiger partial charge is 0.334 e. The van der Waals surface area contributed by atoms with E-state index in [0.29, 0.717) is 15.8 Å².